The van der Waals surface area contributed by atoms with Crippen LogP contribution >= 0.6 is 0 Å². The van der Waals surface area contributed by atoms with Crippen molar-refractivity contribution in [3.8, 4) is 0 Å². The highest BCUT2D eigenvalue weighted by Crippen LogP contribution is 2.17. The number of aliphatic imine (C=N–C) groups is 1. The Labute approximate surface area is 162 Å². The number of nitrogens with zero attached hydrogens (tertiary/aromatic N) is 4. The molecule has 2 fully saturated rings. The first-order valence-electron chi connectivity index (χ1n) is 9.66. The number of benzene rings is 1. The Hall–Kier alpha value is -2.12. The van der Waals surface area contributed by atoms with Crippen LogP contribution in [-0.4, -0.2) is 93.1 Å². The van der Waals surface area contributed by atoms with Gasteiger partial charge in [-0.25, -0.2) is 0 Å². The first-order chi connectivity index (χ1) is 13.1. The van der Waals surface area contributed by atoms with Crippen LogP contribution < -0.4 is 5.32 Å². The third-order valence-corrected chi connectivity index (χ3v) is 5.29. The van der Waals surface area contributed by atoms with E-state index in [0.717, 1.165) is 50.9 Å². The van der Waals surface area contributed by atoms with Gasteiger partial charge in [0.1, 0.15) is 0 Å². The van der Waals surface area contributed by atoms with Gasteiger partial charge < -0.3 is 19.9 Å². The average Bonchev–Trinajstić information content (AvgIpc) is 3.19. The van der Waals surface area contributed by atoms with E-state index in [4.69, 9.17) is 4.74 Å². The molecule has 0 radical (unpaired) electrons. The maximum absolute atomic E-state index is 12.0. The van der Waals surface area contributed by atoms with Crippen molar-refractivity contribution in [2.75, 3.05) is 60.5 Å². The Morgan fingerprint density at radius 3 is 2.56 bits per heavy atom. The Kier molecular flexibility index (Phi) is 6.68. The second-order valence-electron chi connectivity index (χ2n) is 7.33. The predicted molar refractivity (Wildman–Crippen MR) is 107 cm³/mol. The number of ether oxygens (including phenoxy) is 1. The van der Waals surface area contributed by atoms with Crippen LogP contribution in [0.15, 0.2) is 29.3 Å². The molecule has 1 N–H and O–H groups in total. The molecule has 2 aliphatic heterocycles. The topological polar surface area (TPSA) is 60.4 Å². The predicted octanol–water partition coefficient (Wildman–Crippen LogP) is 0.870. The fraction of sp³-hybridized carbons (Fsp3) is 0.600. The minimum Gasteiger partial charge on any atom is -0.379 e. The van der Waals surface area contributed by atoms with E-state index in [2.05, 4.69) is 20.1 Å². The largest absolute Gasteiger partial charge is 0.379 e. The van der Waals surface area contributed by atoms with E-state index in [1.807, 2.05) is 31.3 Å². The van der Waals surface area contributed by atoms with Crippen molar-refractivity contribution in [2.24, 2.45) is 4.99 Å². The van der Waals surface area contributed by atoms with Gasteiger partial charge in [-0.05, 0) is 24.1 Å². The Balaban J connectivity index is 1.51. The summed E-state index contributed by atoms with van der Waals surface area (Å²) in [7, 11) is 5.37. The van der Waals surface area contributed by atoms with E-state index in [1.165, 1.54) is 6.42 Å². The van der Waals surface area contributed by atoms with Gasteiger partial charge in [0.05, 0.1) is 13.2 Å². The van der Waals surface area contributed by atoms with Crippen molar-refractivity contribution in [2.45, 2.75) is 19.0 Å². The van der Waals surface area contributed by atoms with Crippen LogP contribution in [0, 0.1) is 0 Å². The number of hydrogen-bond donors (Lipinski definition) is 1. The number of rotatable bonds is 4. The van der Waals surface area contributed by atoms with Gasteiger partial charge in [-0.2, -0.15) is 0 Å². The molecule has 1 amide bonds. The van der Waals surface area contributed by atoms with E-state index >= 15 is 0 Å². The maximum atomic E-state index is 12.0. The summed E-state index contributed by atoms with van der Waals surface area (Å²) in [5.41, 5.74) is 1.84. The molecule has 1 atom stereocenters. The van der Waals surface area contributed by atoms with Crippen LogP contribution in [0.4, 0.5) is 0 Å². The minimum absolute atomic E-state index is 0.0246. The number of likely N-dealkylation sites (tertiary alicyclic amines) is 1. The van der Waals surface area contributed by atoms with Gasteiger partial charge in [-0.3, -0.25) is 14.7 Å². The zero-order valence-electron chi connectivity index (χ0n) is 16.6. The number of hydrogen-bond acceptors (Lipinski definition) is 4. The van der Waals surface area contributed by atoms with Crippen molar-refractivity contribution in [3.63, 3.8) is 0 Å². The molecule has 7 nitrogen and oxygen atoms in total. The highest BCUT2D eigenvalue weighted by molar-refractivity contribution is 5.93. The van der Waals surface area contributed by atoms with Gasteiger partial charge in [0, 0.05) is 65.5 Å². The molecule has 0 bridgehead atoms. The zero-order chi connectivity index (χ0) is 19.2. The summed E-state index contributed by atoms with van der Waals surface area (Å²) >= 11 is 0. The number of carbonyl (C=O) groups excluding carboxylic acids is 1. The number of morpholine rings is 1. The second-order valence-corrected chi connectivity index (χ2v) is 7.33. The number of amides is 1. The number of guanidine groups is 1. The molecular weight excluding hydrogens is 342 g/mol. The summed E-state index contributed by atoms with van der Waals surface area (Å²) < 4.78 is 5.46. The van der Waals surface area contributed by atoms with Crippen LogP contribution in [-0.2, 0) is 11.3 Å². The molecule has 148 valence electrons. The molecule has 27 heavy (non-hydrogen) atoms. The summed E-state index contributed by atoms with van der Waals surface area (Å²) in [6.07, 6.45) is 1.17. The van der Waals surface area contributed by atoms with Crippen LogP contribution in [0.5, 0.6) is 0 Å². The summed E-state index contributed by atoms with van der Waals surface area (Å²) in [4.78, 5) is 22.9. The molecule has 0 saturated carbocycles. The standard InChI is InChI=1S/C20H31N5O2/c1-21-20(25-9-8-18(15-25)24-10-12-27-13-11-24)22-14-16-4-6-17(7-5-16)19(26)23(2)3/h4-7,18H,8-15H2,1-3H3,(H,21,22). The Morgan fingerprint density at radius 2 is 1.93 bits per heavy atom. The summed E-state index contributed by atoms with van der Waals surface area (Å²) in [6, 6.07) is 8.34. The lowest BCUT2D eigenvalue weighted by atomic mass is 10.1. The lowest BCUT2D eigenvalue weighted by Gasteiger charge is -2.32. The van der Waals surface area contributed by atoms with Gasteiger partial charge in [0.2, 0.25) is 0 Å². The maximum Gasteiger partial charge on any atom is 0.253 e. The molecule has 2 heterocycles. The summed E-state index contributed by atoms with van der Waals surface area (Å²) in [5, 5.41) is 3.46. The van der Waals surface area contributed by atoms with E-state index in [9.17, 15) is 4.79 Å². The smallest absolute Gasteiger partial charge is 0.253 e. The molecule has 1 aromatic rings. The molecule has 1 aromatic carbocycles. The van der Waals surface area contributed by atoms with Crippen molar-refractivity contribution in [1.29, 1.82) is 0 Å². The SMILES string of the molecule is CN=C(NCc1ccc(C(=O)N(C)C)cc1)N1CCC(N2CCOCC2)C1. The molecule has 0 aromatic heterocycles. The van der Waals surface area contributed by atoms with Crippen molar-refractivity contribution in [1.82, 2.24) is 20.0 Å². The normalized spacial score (nSPS) is 21.4. The van der Waals surface area contributed by atoms with Crippen LogP contribution in [0.1, 0.15) is 22.3 Å². The van der Waals surface area contributed by atoms with Crippen LogP contribution in [0.25, 0.3) is 0 Å². The molecule has 7 heteroatoms. The molecule has 0 spiro atoms. The number of nitrogens with one attached hydrogen (secondary N) is 1. The van der Waals surface area contributed by atoms with Crippen molar-refractivity contribution >= 4 is 11.9 Å². The minimum atomic E-state index is 0.0246. The van der Waals surface area contributed by atoms with Crippen LogP contribution in [0.3, 0.4) is 0 Å². The van der Waals surface area contributed by atoms with E-state index in [-0.39, 0.29) is 5.91 Å². The highest BCUT2D eigenvalue weighted by atomic mass is 16.5. The lowest BCUT2D eigenvalue weighted by molar-refractivity contribution is 0.0195. The molecule has 2 saturated heterocycles. The quantitative estimate of drug-likeness (QED) is 0.627. The molecule has 2 aliphatic rings. The van der Waals surface area contributed by atoms with Gasteiger partial charge in [0.15, 0.2) is 5.96 Å². The van der Waals surface area contributed by atoms with Gasteiger partial charge in [-0.15, -0.1) is 0 Å². The summed E-state index contributed by atoms with van der Waals surface area (Å²) in [5.74, 6) is 0.968. The van der Waals surface area contributed by atoms with Gasteiger partial charge in [0.25, 0.3) is 5.91 Å². The van der Waals surface area contributed by atoms with E-state index < -0.39 is 0 Å². The molecule has 1 unspecified atom stereocenters. The van der Waals surface area contributed by atoms with E-state index in [1.54, 1.807) is 19.0 Å². The lowest BCUT2D eigenvalue weighted by Crippen LogP contribution is -2.46. The molecule has 0 aliphatic carbocycles. The van der Waals surface area contributed by atoms with Gasteiger partial charge in [-0.1, -0.05) is 12.1 Å². The fourth-order valence-electron chi connectivity index (χ4n) is 3.71. The Bertz CT molecular complexity index is 653. The van der Waals surface area contributed by atoms with Crippen molar-refractivity contribution in [3.05, 3.63) is 35.4 Å². The van der Waals surface area contributed by atoms with Crippen molar-refractivity contribution < 1.29 is 9.53 Å². The van der Waals surface area contributed by atoms with Gasteiger partial charge >= 0.3 is 0 Å². The zero-order valence-corrected chi connectivity index (χ0v) is 16.6. The Morgan fingerprint density at radius 1 is 1.22 bits per heavy atom. The molecular formula is C20H31N5O2. The van der Waals surface area contributed by atoms with E-state index in [0.29, 0.717) is 18.2 Å². The first kappa shape index (κ1) is 19.6. The fourth-order valence-corrected chi connectivity index (χ4v) is 3.71. The third kappa shape index (κ3) is 4.99. The summed E-state index contributed by atoms with van der Waals surface area (Å²) in [6.45, 7) is 6.48. The highest BCUT2D eigenvalue weighted by Gasteiger charge is 2.30. The average molecular weight is 374 g/mol. The first-order valence-corrected chi connectivity index (χ1v) is 9.66. The second kappa shape index (κ2) is 9.19. The molecule has 3 rings (SSSR count). The third-order valence-electron chi connectivity index (χ3n) is 5.29. The number of carbonyl (C=O) groups is 1. The monoisotopic (exact) mass is 373 g/mol. The van der Waals surface area contributed by atoms with Crippen LogP contribution in [0.2, 0.25) is 0 Å².